The molecule has 0 spiro atoms. The van der Waals surface area contributed by atoms with Crippen LogP contribution in [0.25, 0.3) is 0 Å². The zero-order chi connectivity index (χ0) is 18.0. The van der Waals surface area contributed by atoms with E-state index in [1.54, 1.807) is 18.2 Å². The predicted octanol–water partition coefficient (Wildman–Crippen LogP) is 2.48. The van der Waals surface area contributed by atoms with E-state index in [4.69, 9.17) is 0 Å². The Bertz CT molecular complexity index is 835. The van der Waals surface area contributed by atoms with Gasteiger partial charge in [-0.3, -0.25) is 9.59 Å². The Morgan fingerprint density at radius 3 is 2.19 bits per heavy atom. The van der Waals surface area contributed by atoms with Crippen LogP contribution in [0.5, 0.6) is 0 Å². The first-order valence-corrected chi connectivity index (χ1v) is 8.24. The maximum atomic E-state index is 12.8. The van der Waals surface area contributed by atoms with Crippen LogP contribution >= 0.6 is 0 Å². The van der Waals surface area contributed by atoms with Crippen LogP contribution in [0.3, 0.4) is 0 Å². The molecule has 0 bridgehead atoms. The van der Waals surface area contributed by atoms with Crippen LogP contribution in [0.2, 0.25) is 0 Å². The van der Waals surface area contributed by atoms with E-state index in [0.29, 0.717) is 18.4 Å². The topological polar surface area (TPSA) is 63.2 Å². The van der Waals surface area contributed by atoms with Crippen molar-refractivity contribution in [2.24, 2.45) is 5.41 Å². The standard InChI is InChI=1S/C21H20NO3.W/c1-14-6-5-9-16(10-14)20(25)22-13-19(24)21(15(2)23)11-17-7-3-4-8-18(17)12-21;/h3-10H,2,11-13H2,1H3,(H,22,25);/q-1;. The fourth-order valence-electron chi connectivity index (χ4n) is 3.38. The van der Waals surface area contributed by atoms with Gasteiger partial charge in [-0.15, -0.1) is 0 Å². The minimum Gasteiger partial charge on any atom is -0.345 e. The molecule has 0 unspecified atom stereocenters. The second-order valence-corrected chi connectivity index (χ2v) is 6.60. The molecule has 0 radical (unpaired) electrons. The number of hydrogen-bond donors (Lipinski definition) is 1. The molecule has 1 N–H and O–H groups in total. The van der Waals surface area contributed by atoms with Gasteiger partial charge in [-0.25, -0.2) is 0 Å². The second kappa shape index (κ2) is 8.01. The number of aryl methyl sites for hydroxylation is 1. The number of nitrogens with one attached hydrogen (secondary N) is 1. The molecule has 2 aromatic rings. The van der Waals surface area contributed by atoms with E-state index in [1.165, 1.54) is 0 Å². The minimum absolute atomic E-state index is 0. The van der Waals surface area contributed by atoms with E-state index < -0.39 is 11.2 Å². The van der Waals surface area contributed by atoms with Gasteiger partial charge in [0.05, 0.1) is 12.0 Å². The van der Waals surface area contributed by atoms with Crippen molar-refractivity contribution in [2.75, 3.05) is 6.54 Å². The Morgan fingerprint density at radius 1 is 1.04 bits per heavy atom. The molecule has 0 aliphatic heterocycles. The van der Waals surface area contributed by atoms with Crippen molar-refractivity contribution in [2.45, 2.75) is 19.8 Å². The van der Waals surface area contributed by atoms with E-state index in [0.717, 1.165) is 16.7 Å². The van der Waals surface area contributed by atoms with E-state index >= 15 is 0 Å². The summed E-state index contributed by atoms with van der Waals surface area (Å²) in [6.45, 7) is 5.24. The third-order valence-corrected chi connectivity index (χ3v) is 4.86. The first-order chi connectivity index (χ1) is 11.9. The molecule has 134 valence electrons. The van der Waals surface area contributed by atoms with Crippen molar-refractivity contribution in [1.29, 1.82) is 0 Å². The first-order valence-electron chi connectivity index (χ1n) is 8.24. The smallest absolute Gasteiger partial charge is 0.251 e. The molecule has 0 atom stereocenters. The van der Waals surface area contributed by atoms with Crippen LogP contribution in [-0.2, 0) is 43.5 Å². The molecular weight excluding hydrogens is 498 g/mol. The number of ketones is 2. The SMILES string of the molecule is [CH2-]C(=O)C1(C(=O)CNC(=O)c2cccc(C)c2)Cc2ccccc2C1.[W]. The molecule has 3 rings (SSSR count). The number of rotatable bonds is 5. The first kappa shape index (κ1) is 20.1. The zero-order valence-corrected chi connectivity index (χ0v) is 17.5. The minimum atomic E-state index is -1.16. The normalized spacial score (nSPS) is 14.0. The molecule has 0 aromatic heterocycles. The molecule has 0 heterocycles. The summed E-state index contributed by atoms with van der Waals surface area (Å²) in [5.74, 6) is -0.998. The van der Waals surface area contributed by atoms with Crippen LogP contribution < -0.4 is 5.32 Å². The van der Waals surface area contributed by atoms with Gasteiger partial charge in [0.2, 0.25) is 0 Å². The van der Waals surface area contributed by atoms with Crippen molar-refractivity contribution >= 4 is 17.5 Å². The van der Waals surface area contributed by atoms with Crippen molar-refractivity contribution in [3.63, 3.8) is 0 Å². The van der Waals surface area contributed by atoms with E-state index in [1.807, 2.05) is 37.3 Å². The van der Waals surface area contributed by atoms with Crippen molar-refractivity contribution in [1.82, 2.24) is 5.32 Å². The number of Topliss-reactive ketones (excluding diaryl/α,β-unsaturated/α-hetero) is 2. The molecule has 2 aromatic carbocycles. The number of carbonyl (C=O) groups is 3. The van der Waals surface area contributed by atoms with Gasteiger partial charge in [0.25, 0.3) is 5.91 Å². The summed E-state index contributed by atoms with van der Waals surface area (Å²) in [5.41, 5.74) is 2.30. The summed E-state index contributed by atoms with van der Waals surface area (Å²) in [4.78, 5) is 37.2. The van der Waals surface area contributed by atoms with Gasteiger partial charge < -0.3 is 17.0 Å². The number of amides is 1. The van der Waals surface area contributed by atoms with Gasteiger partial charge in [-0.1, -0.05) is 42.0 Å². The van der Waals surface area contributed by atoms with Gasteiger partial charge in [0.15, 0.2) is 5.78 Å². The van der Waals surface area contributed by atoms with Crippen LogP contribution in [0, 0.1) is 19.3 Å². The summed E-state index contributed by atoms with van der Waals surface area (Å²) in [7, 11) is 0. The molecule has 0 saturated carbocycles. The number of hydrogen-bond acceptors (Lipinski definition) is 3. The third kappa shape index (κ3) is 3.81. The molecule has 5 heteroatoms. The molecule has 4 nitrogen and oxygen atoms in total. The molecule has 26 heavy (non-hydrogen) atoms. The Kier molecular flexibility index (Phi) is 6.20. The van der Waals surface area contributed by atoms with Gasteiger partial charge in [-0.05, 0) is 43.0 Å². The zero-order valence-electron chi connectivity index (χ0n) is 14.6. The molecule has 1 amide bonds. The Labute approximate surface area is 167 Å². The fourth-order valence-corrected chi connectivity index (χ4v) is 3.38. The molecule has 0 fully saturated rings. The van der Waals surface area contributed by atoms with Crippen molar-refractivity contribution in [3.05, 3.63) is 77.7 Å². The van der Waals surface area contributed by atoms with Gasteiger partial charge >= 0.3 is 0 Å². The van der Waals surface area contributed by atoms with Crippen LogP contribution in [-0.4, -0.2) is 24.0 Å². The van der Waals surface area contributed by atoms with E-state index in [2.05, 4.69) is 12.2 Å². The number of benzene rings is 2. The third-order valence-electron chi connectivity index (χ3n) is 4.86. The van der Waals surface area contributed by atoms with Gasteiger partial charge in [0.1, 0.15) is 0 Å². The summed E-state index contributed by atoms with van der Waals surface area (Å²) >= 11 is 0. The van der Waals surface area contributed by atoms with Gasteiger partial charge in [0, 0.05) is 32.4 Å². The average Bonchev–Trinajstić information content (AvgIpc) is 3.00. The van der Waals surface area contributed by atoms with Crippen LogP contribution in [0.15, 0.2) is 48.5 Å². The van der Waals surface area contributed by atoms with Gasteiger partial charge in [-0.2, -0.15) is 0 Å². The summed E-state index contributed by atoms with van der Waals surface area (Å²) in [6.07, 6.45) is 0.704. The number of fused-ring (bicyclic) bond motifs is 1. The largest absolute Gasteiger partial charge is 0.345 e. The maximum absolute atomic E-state index is 12.8. The monoisotopic (exact) mass is 518 g/mol. The van der Waals surface area contributed by atoms with E-state index in [9.17, 15) is 14.4 Å². The molecular formula is C21H20NO3W-. The Balaban J connectivity index is 0.00000243. The summed E-state index contributed by atoms with van der Waals surface area (Å²) in [6, 6.07) is 14.8. The number of carbonyl (C=O) groups excluding carboxylic acids is 3. The average molecular weight is 518 g/mol. The predicted molar refractivity (Wildman–Crippen MR) is 95.2 cm³/mol. The second-order valence-electron chi connectivity index (χ2n) is 6.60. The molecule has 1 aliphatic carbocycles. The van der Waals surface area contributed by atoms with Crippen molar-refractivity contribution in [3.8, 4) is 0 Å². The maximum Gasteiger partial charge on any atom is 0.251 e. The summed E-state index contributed by atoms with van der Waals surface area (Å²) < 4.78 is 0. The Hall–Kier alpha value is -2.19. The summed E-state index contributed by atoms with van der Waals surface area (Å²) in [5, 5.41) is 2.64. The molecule has 1 aliphatic rings. The quantitative estimate of drug-likeness (QED) is 0.489. The Morgan fingerprint density at radius 2 is 1.65 bits per heavy atom. The van der Waals surface area contributed by atoms with Crippen molar-refractivity contribution < 1.29 is 35.4 Å². The molecule has 0 saturated heterocycles. The fraction of sp³-hybridized carbons (Fsp3) is 0.238. The van der Waals surface area contributed by atoms with Crippen LogP contribution in [0.1, 0.15) is 27.0 Å². The van der Waals surface area contributed by atoms with Crippen LogP contribution in [0.4, 0.5) is 0 Å². The van der Waals surface area contributed by atoms with E-state index in [-0.39, 0.29) is 39.3 Å².